The van der Waals surface area contributed by atoms with Crippen LogP contribution in [-0.4, -0.2) is 10.8 Å². The zero-order valence-electron chi connectivity index (χ0n) is 9.68. The Hall–Kier alpha value is -1.89. The number of aromatic nitrogens is 1. The lowest BCUT2D eigenvalue weighted by molar-refractivity contribution is 0.0979. The van der Waals surface area contributed by atoms with Crippen LogP contribution in [0.1, 0.15) is 21.8 Å². The topological polar surface area (TPSA) is 53.8 Å². The smallest absolute Gasteiger partial charge is 0.185 e. The number of hydrogen-bond donors (Lipinski definition) is 0. The lowest BCUT2D eigenvalue weighted by Crippen LogP contribution is -2.11. The number of nitriles is 1. The quantitative estimate of drug-likeness (QED) is 0.806. The van der Waals surface area contributed by atoms with E-state index in [1.165, 1.54) is 24.5 Å². The Labute approximate surface area is 120 Å². The molecule has 0 radical (unpaired) electrons. The number of halogens is 2. The standard InChI is InChI=1S/C14H8Cl2N2O/c15-10-1-2-11(13(16)7-10)14(19)12(8-17)9-3-5-18-6-4-9/h1-7,12H. The molecule has 0 saturated heterocycles. The van der Waals surface area contributed by atoms with Gasteiger partial charge >= 0.3 is 0 Å². The first kappa shape index (κ1) is 13.5. The Morgan fingerprint density at radius 3 is 2.47 bits per heavy atom. The van der Waals surface area contributed by atoms with Gasteiger partial charge in [-0.25, -0.2) is 0 Å². The van der Waals surface area contributed by atoms with E-state index in [4.69, 9.17) is 23.2 Å². The summed E-state index contributed by atoms with van der Waals surface area (Å²) in [5, 5.41) is 9.88. The molecule has 2 aromatic rings. The summed E-state index contributed by atoms with van der Waals surface area (Å²) in [5.74, 6) is -1.25. The number of Topliss-reactive ketones (excluding diaryl/α,β-unsaturated/α-hetero) is 1. The highest BCUT2D eigenvalue weighted by molar-refractivity contribution is 6.37. The highest BCUT2D eigenvalue weighted by atomic mass is 35.5. The van der Waals surface area contributed by atoms with Crippen molar-refractivity contribution >= 4 is 29.0 Å². The first-order valence-electron chi connectivity index (χ1n) is 5.42. The SMILES string of the molecule is N#CC(C(=O)c1ccc(Cl)cc1Cl)c1ccncc1. The third kappa shape index (κ3) is 2.93. The van der Waals surface area contributed by atoms with Crippen LogP contribution in [0.4, 0.5) is 0 Å². The Kier molecular flexibility index (Phi) is 4.16. The van der Waals surface area contributed by atoms with Gasteiger partial charge < -0.3 is 0 Å². The Bertz CT molecular complexity index is 650. The fourth-order valence-electron chi connectivity index (χ4n) is 1.69. The molecule has 94 valence electrons. The van der Waals surface area contributed by atoms with Gasteiger partial charge in [0, 0.05) is 23.0 Å². The van der Waals surface area contributed by atoms with Crippen molar-refractivity contribution in [2.45, 2.75) is 5.92 Å². The molecule has 0 saturated carbocycles. The molecule has 0 N–H and O–H groups in total. The second-order valence-corrected chi connectivity index (χ2v) is 4.67. The molecule has 0 bridgehead atoms. The summed E-state index contributed by atoms with van der Waals surface area (Å²) in [6.07, 6.45) is 3.08. The number of hydrogen-bond acceptors (Lipinski definition) is 3. The van der Waals surface area contributed by atoms with Crippen molar-refractivity contribution in [1.82, 2.24) is 4.98 Å². The van der Waals surface area contributed by atoms with Crippen LogP contribution in [0.2, 0.25) is 10.0 Å². The van der Waals surface area contributed by atoms with Crippen molar-refractivity contribution in [2.24, 2.45) is 0 Å². The summed E-state index contributed by atoms with van der Waals surface area (Å²) in [6.45, 7) is 0. The van der Waals surface area contributed by atoms with Crippen LogP contribution < -0.4 is 0 Å². The monoisotopic (exact) mass is 290 g/mol. The van der Waals surface area contributed by atoms with Gasteiger partial charge in [-0.1, -0.05) is 23.2 Å². The molecule has 0 aliphatic carbocycles. The number of carbonyl (C=O) groups is 1. The number of benzene rings is 1. The van der Waals surface area contributed by atoms with Crippen molar-refractivity contribution in [3.8, 4) is 6.07 Å². The molecular formula is C14H8Cl2N2O. The summed E-state index contributed by atoms with van der Waals surface area (Å²) in [6, 6.07) is 9.84. The van der Waals surface area contributed by atoms with E-state index in [-0.39, 0.29) is 16.4 Å². The van der Waals surface area contributed by atoms with Gasteiger partial charge in [0.05, 0.1) is 11.1 Å². The Morgan fingerprint density at radius 2 is 1.89 bits per heavy atom. The molecule has 1 aromatic carbocycles. The van der Waals surface area contributed by atoms with Gasteiger partial charge in [-0.15, -0.1) is 0 Å². The van der Waals surface area contributed by atoms with Gasteiger partial charge in [-0.05, 0) is 35.9 Å². The third-order valence-corrected chi connectivity index (χ3v) is 3.18. The van der Waals surface area contributed by atoms with Crippen LogP contribution in [0, 0.1) is 11.3 Å². The lowest BCUT2D eigenvalue weighted by atomic mass is 9.92. The minimum atomic E-state index is -0.901. The minimum Gasteiger partial charge on any atom is -0.292 e. The maximum Gasteiger partial charge on any atom is 0.185 e. The van der Waals surface area contributed by atoms with Crippen LogP contribution in [0.3, 0.4) is 0 Å². The average Bonchev–Trinajstić information content (AvgIpc) is 2.40. The first-order chi connectivity index (χ1) is 9.13. The van der Waals surface area contributed by atoms with E-state index in [1.807, 2.05) is 6.07 Å². The fourth-order valence-corrected chi connectivity index (χ4v) is 2.19. The molecule has 1 aromatic heterocycles. The normalized spacial score (nSPS) is 11.6. The van der Waals surface area contributed by atoms with Gasteiger partial charge in [0.15, 0.2) is 5.78 Å². The second-order valence-electron chi connectivity index (χ2n) is 3.83. The molecular weight excluding hydrogens is 283 g/mol. The van der Waals surface area contributed by atoms with Crippen LogP contribution in [0.15, 0.2) is 42.7 Å². The molecule has 1 unspecified atom stereocenters. The molecule has 0 fully saturated rings. The average molecular weight is 291 g/mol. The maximum atomic E-state index is 12.3. The van der Waals surface area contributed by atoms with E-state index in [0.29, 0.717) is 10.6 Å². The highest BCUT2D eigenvalue weighted by Gasteiger charge is 2.23. The molecule has 0 aliphatic rings. The zero-order chi connectivity index (χ0) is 13.8. The third-order valence-electron chi connectivity index (χ3n) is 2.63. The summed E-state index contributed by atoms with van der Waals surface area (Å²) in [4.78, 5) is 16.2. The van der Waals surface area contributed by atoms with Gasteiger partial charge in [0.25, 0.3) is 0 Å². The summed E-state index contributed by atoms with van der Waals surface area (Å²) in [7, 11) is 0. The molecule has 5 heteroatoms. The van der Waals surface area contributed by atoms with E-state index in [9.17, 15) is 10.1 Å². The van der Waals surface area contributed by atoms with Gasteiger partial charge in [0.1, 0.15) is 5.92 Å². The molecule has 1 heterocycles. The number of nitrogens with zero attached hydrogens (tertiary/aromatic N) is 2. The Morgan fingerprint density at radius 1 is 1.21 bits per heavy atom. The zero-order valence-corrected chi connectivity index (χ0v) is 11.2. The second kappa shape index (κ2) is 5.83. The molecule has 0 amide bonds. The lowest BCUT2D eigenvalue weighted by Gasteiger charge is -2.09. The fraction of sp³-hybridized carbons (Fsp3) is 0.0714. The summed E-state index contributed by atoms with van der Waals surface area (Å²) in [5.41, 5.74) is 0.878. The van der Waals surface area contributed by atoms with Crippen molar-refractivity contribution in [1.29, 1.82) is 5.26 Å². The van der Waals surface area contributed by atoms with E-state index in [2.05, 4.69) is 4.98 Å². The van der Waals surface area contributed by atoms with Crippen molar-refractivity contribution in [3.63, 3.8) is 0 Å². The molecule has 1 atom stereocenters. The Balaban J connectivity index is 2.40. The number of carbonyl (C=O) groups excluding carboxylic acids is 1. The van der Waals surface area contributed by atoms with Gasteiger partial charge in [-0.3, -0.25) is 9.78 Å². The predicted octanol–water partition coefficient (Wildman–Crippen LogP) is 3.88. The van der Waals surface area contributed by atoms with Crippen LogP contribution >= 0.6 is 23.2 Å². The van der Waals surface area contributed by atoms with E-state index in [1.54, 1.807) is 18.2 Å². The van der Waals surface area contributed by atoms with Crippen molar-refractivity contribution in [2.75, 3.05) is 0 Å². The van der Waals surface area contributed by atoms with Crippen molar-refractivity contribution in [3.05, 3.63) is 63.9 Å². The van der Waals surface area contributed by atoms with Gasteiger partial charge in [-0.2, -0.15) is 5.26 Å². The van der Waals surface area contributed by atoms with Crippen LogP contribution in [-0.2, 0) is 0 Å². The van der Waals surface area contributed by atoms with E-state index < -0.39 is 5.92 Å². The predicted molar refractivity (Wildman–Crippen MR) is 73.4 cm³/mol. The van der Waals surface area contributed by atoms with Crippen LogP contribution in [0.25, 0.3) is 0 Å². The molecule has 2 rings (SSSR count). The molecule has 0 spiro atoms. The van der Waals surface area contributed by atoms with Crippen LogP contribution in [0.5, 0.6) is 0 Å². The highest BCUT2D eigenvalue weighted by Crippen LogP contribution is 2.26. The van der Waals surface area contributed by atoms with E-state index >= 15 is 0 Å². The maximum absolute atomic E-state index is 12.3. The first-order valence-corrected chi connectivity index (χ1v) is 6.18. The number of rotatable bonds is 3. The minimum absolute atomic E-state index is 0.242. The van der Waals surface area contributed by atoms with E-state index in [0.717, 1.165) is 0 Å². The van der Waals surface area contributed by atoms with Crippen molar-refractivity contribution < 1.29 is 4.79 Å². The summed E-state index contributed by atoms with van der Waals surface area (Å²) < 4.78 is 0. The largest absolute Gasteiger partial charge is 0.292 e. The number of ketones is 1. The molecule has 3 nitrogen and oxygen atoms in total. The van der Waals surface area contributed by atoms with Gasteiger partial charge in [0.2, 0.25) is 0 Å². The molecule has 0 aliphatic heterocycles. The molecule has 19 heavy (non-hydrogen) atoms. The summed E-state index contributed by atoms with van der Waals surface area (Å²) >= 11 is 11.8. The number of pyridine rings is 1.